The highest BCUT2D eigenvalue weighted by atomic mass is 32.2. The average molecular weight is 498 g/mol. The predicted molar refractivity (Wildman–Crippen MR) is 136 cm³/mol. The van der Waals surface area contributed by atoms with Crippen molar-refractivity contribution in [2.45, 2.75) is 31.8 Å². The number of carbonyl (C=O) groups is 1. The molecule has 7 nitrogen and oxygen atoms in total. The Morgan fingerprint density at radius 3 is 2.51 bits per heavy atom. The molecule has 0 aliphatic rings. The van der Waals surface area contributed by atoms with E-state index in [1.165, 1.54) is 31.0 Å². The normalized spacial score (nSPS) is 11.3. The fraction of sp³-hybridized carbons (Fsp3) is 0.308. The maximum absolute atomic E-state index is 13.5. The lowest BCUT2D eigenvalue weighted by molar-refractivity contribution is -0.130. The minimum Gasteiger partial charge on any atom is -0.505 e. The van der Waals surface area contributed by atoms with Crippen molar-refractivity contribution in [3.63, 3.8) is 0 Å². The summed E-state index contributed by atoms with van der Waals surface area (Å²) in [7, 11) is 1.53. The number of rotatable bonds is 9. The number of amides is 1. The van der Waals surface area contributed by atoms with E-state index >= 15 is 0 Å². The monoisotopic (exact) mass is 497 g/mol. The van der Waals surface area contributed by atoms with Gasteiger partial charge in [0.2, 0.25) is 11.8 Å². The average Bonchev–Trinajstić information content (AvgIpc) is 3.13. The van der Waals surface area contributed by atoms with Crippen molar-refractivity contribution in [1.29, 1.82) is 0 Å². The molecule has 0 radical (unpaired) electrons. The highest BCUT2D eigenvalue weighted by Gasteiger charge is 2.27. The van der Waals surface area contributed by atoms with Gasteiger partial charge < -0.3 is 24.4 Å². The molecule has 0 bridgehead atoms. The highest BCUT2D eigenvalue weighted by Crippen LogP contribution is 2.50. The van der Waals surface area contributed by atoms with Crippen molar-refractivity contribution in [3.8, 4) is 17.4 Å². The molecule has 2 aromatic carbocycles. The molecule has 184 valence electrons. The highest BCUT2D eigenvalue weighted by molar-refractivity contribution is 7.99. The lowest BCUT2D eigenvalue weighted by Gasteiger charge is -2.18. The van der Waals surface area contributed by atoms with Gasteiger partial charge in [-0.05, 0) is 43.7 Å². The van der Waals surface area contributed by atoms with E-state index in [1.54, 1.807) is 39.9 Å². The summed E-state index contributed by atoms with van der Waals surface area (Å²) in [4.78, 5) is 18.6. The largest absolute Gasteiger partial charge is 0.505 e. The Bertz CT molecular complexity index is 1370. The fourth-order valence-electron chi connectivity index (χ4n) is 4.30. The van der Waals surface area contributed by atoms with Crippen molar-refractivity contribution >= 4 is 39.3 Å². The van der Waals surface area contributed by atoms with Gasteiger partial charge >= 0.3 is 0 Å². The summed E-state index contributed by atoms with van der Waals surface area (Å²) in [6.07, 6.45) is 1.88. The van der Waals surface area contributed by atoms with Crippen LogP contribution >= 0.6 is 11.8 Å². The molecular formula is C26H28FN3O4S. The van der Waals surface area contributed by atoms with Crippen LogP contribution in [0.1, 0.15) is 25.8 Å². The van der Waals surface area contributed by atoms with E-state index in [9.17, 15) is 19.4 Å². The standard InChI is InChI=1S/C26H28FN3O4S/c1-4-29(5-2)19(31)12-14-35-26-21-20(23(32)22-18(24(21)34-3)7-6-13-28-22)25(33)30(26)15-16-8-10-17(27)11-9-16/h6-11,13,32-33H,4-5,12,14-15H2,1-3H3. The molecule has 2 N–H and O–H groups in total. The first-order valence-electron chi connectivity index (χ1n) is 11.4. The summed E-state index contributed by atoms with van der Waals surface area (Å²) in [6, 6.07) is 9.57. The van der Waals surface area contributed by atoms with Crippen LogP contribution < -0.4 is 4.74 Å². The molecule has 0 aliphatic heterocycles. The maximum Gasteiger partial charge on any atom is 0.223 e. The summed E-state index contributed by atoms with van der Waals surface area (Å²) >= 11 is 1.40. The van der Waals surface area contributed by atoms with E-state index in [2.05, 4.69) is 4.98 Å². The van der Waals surface area contributed by atoms with Gasteiger partial charge in [-0.1, -0.05) is 12.1 Å². The van der Waals surface area contributed by atoms with E-state index in [-0.39, 0.29) is 35.3 Å². The zero-order valence-corrected chi connectivity index (χ0v) is 20.7. The van der Waals surface area contributed by atoms with Crippen LogP contribution in [0.4, 0.5) is 4.39 Å². The molecule has 0 saturated carbocycles. The quantitative estimate of drug-likeness (QED) is 0.311. The summed E-state index contributed by atoms with van der Waals surface area (Å²) in [5, 5.41) is 24.4. The van der Waals surface area contributed by atoms with Gasteiger partial charge in [-0.2, -0.15) is 0 Å². The summed E-state index contributed by atoms with van der Waals surface area (Å²) < 4.78 is 20.9. The molecule has 0 spiro atoms. The number of fused-ring (bicyclic) bond motifs is 2. The third-order valence-electron chi connectivity index (χ3n) is 6.06. The zero-order valence-electron chi connectivity index (χ0n) is 19.9. The van der Waals surface area contributed by atoms with E-state index in [1.807, 2.05) is 13.8 Å². The Morgan fingerprint density at radius 2 is 1.86 bits per heavy atom. The second-order valence-electron chi connectivity index (χ2n) is 8.04. The van der Waals surface area contributed by atoms with Crippen LogP contribution in [0.5, 0.6) is 17.4 Å². The van der Waals surface area contributed by atoms with Gasteiger partial charge in [-0.25, -0.2) is 4.39 Å². The van der Waals surface area contributed by atoms with Crippen molar-refractivity contribution in [2.75, 3.05) is 26.0 Å². The van der Waals surface area contributed by atoms with E-state index < -0.39 is 0 Å². The van der Waals surface area contributed by atoms with E-state index in [0.717, 1.165) is 5.56 Å². The molecule has 0 aliphatic carbocycles. The summed E-state index contributed by atoms with van der Waals surface area (Å²) in [5.41, 5.74) is 1.09. The second kappa shape index (κ2) is 10.4. The number of carbonyl (C=O) groups excluding carboxylic acids is 1. The van der Waals surface area contributed by atoms with Crippen molar-refractivity contribution < 1.29 is 24.1 Å². The number of halogens is 1. The lowest BCUT2D eigenvalue weighted by Crippen LogP contribution is -2.30. The molecule has 4 rings (SSSR count). The molecule has 4 aromatic rings. The third kappa shape index (κ3) is 4.60. The third-order valence-corrected chi connectivity index (χ3v) is 7.16. The van der Waals surface area contributed by atoms with Crippen LogP contribution in [-0.2, 0) is 11.3 Å². The molecule has 0 atom stereocenters. The number of thioether (sulfide) groups is 1. The molecule has 0 saturated heterocycles. The number of phenols is 1. The first-order valence-corrected chi connectivity index (χ1v) is 12.4. The SMILES string of the molecule is CCN(CC)C(=O)CCSc1c2c(OC)c3cccnc3c(O)c2c(O)n1Cc1ccc(F)cc1. The summed E-state index contributed by atoms with van der Waals surface area (Å²) in [6.45, 7) is 5.41. The lowest BCUT2D eigenvalue weighted by atomic mass is 10.1. The first kappa shape index (κ1) is 24.7. The number of ether oxygens (including phenoxy) is 1. The predicted octanol–water partition coefficient (Wildman–Crippen LogP) is 5.15. The number of hydrogen-bond acceptors (Lipinski definition) is 6. The number of methoxy groups -OCH3 is 1. The van der Waals surface area contributed by atoms with Crippen molar-refractivity contribution in [2.24, 2.45) is 0 Å². The number of phenolic OH excluding ortho intramolecular Hbond substituents is 1. The molecule has 2 aromatic heterocycles. The number of hydrogen-bond donors (Lipinski definition) is 2. The zero-order chi connectivity index (χ0) is 25.1. The Labute approximate surface area is 207 Å². The molecule has 0 fully saturated rings. The number of nitrogens with zero attached hydrogens (tertiary/aromatic N) is 3. The molecule has 1 amide bonds. The van der Waals surface area contributed by atoms with Crippen LogP contribution in [0.15, 0.2) is 47.6 Å². The van der Waals surface area contributed by atoms with Gasteiger partial charge in [0.05, 0.1) is 29.5 Å². The smallest absolute Gasteiger partial charge is 0.223 e. The van der Waals surface area contributed by atoms with Gasteiger partial charge in [0.25, 0.3) is 0 Å². The van der Waals surface area contributed by atoms with Gasteiger partial charge in [0.15, 0.2) is 5.75 Å². The van der Waals surface area contributed by atoms with Crippen LogP contribution in [0.25, 0.3) is 21.7 Å². The Balaban J connectivity index is 1.86. The second-order valence-corrected chi connectivity index (χ2v) is 9.12. The molecule has 2 heterocycles. The minimum absolute atomic E-state index is 0.0529. The van der Waals surface area contributed by atoms with E-state index in [4.69, 9.17) is 4.74 Å². The van der Waals surface area contributed by atoms with Gasteiger partial charge in [0.1, 0.15) is 17.1 Å². The van der Waals surface area contributed by atoms with Gasteiger partial charge in [0, 0.05) is 36.8 Å². The van der Waals surface area contributed by atoms with Crippen LogP contribution in [0.3, 0.4) is 0 Å². The molecular weight excluding hydrogens is 469 g/mol. The topological polar surface area (TPSA) is 87.8 Å². The minimum atomic E-state index is -0.350. The van der Waals surface area contributed by atoms with Crippen LogP contribution in [-0.4, -0.2) is 56.5 Å². The van der Waals surface area contributed by atoms with E-state index in [0.29, 0.717) is 52.3 Å². The number of aromatic hydroxyl groups is 2. The molecule has 35 heavy (non-hydrogen) atoms. The maximum atomic E-state index is 13.5. The van der Waals surface area contributed by atoms with Crippen LogP contribution in [0.2, 0.25) is 0 Å². The van der Waals surface area contributed by atoms with Gasteiger partial charge in [-0.3, -0.25) is 9.78 Å². The molecule has 0 unspecified atom stereocenters. The number of pyridine rings is 1. The first-order chi connectivity index (χ1) is 16.9. The Hall–Kier alpha value is -3.46. The Morgan fingerprint density at radius 1 is 1.14 bits per heavy atom. The van der Waals surface area contributed by atoms with Gasteiger partial charge in [-0.15, -0.1) is 11.8 Å². The van der Waals surface area contributed by atoms with Crippen LogP contribution in [0, 0.1) is 5.82 Å². The van der Waals surface area contributed by atoms with Crippen molar-refractivity contribution in [1.82, 2.24) is 14.5 Å². The number of aromatic nitrogens is 2. The number of benzene rings is 2. The Kier molecular flexibility index (Phi) is 7.35. The molecule has 9 heteroatoms. The summed E-state index contributed by atoms with van der Waals surface area (Å²) in [5.74, 6) is 0.352. The fourth-order valence-corrected chi connectivity index (χ4v) is 5.42. The van der Waals surface area contributed by atoms with Crippen molar-refractivity contribution in [3.05, 3.63) is 54.0 Å².